The molecule has 0 saturated heterocycles. The first kappa shape index (κ1) is 37.9. The summed E-state index contributed by atoms with van der Waals surface area (Å²) in [4.78, 5) is 67.9. The van der Waals surface area contributed by atoms with Crippen molar-refractivity contribution < 1.29 is 33.8 Å². The van der Waals surface area contributed by atoms with E-state index < -0.39 is 53.8 Å². The monoisotopic (exact) mass is 746 g/mol. The summed E-state index contributed by atoms with van der Waals surface area (Å²) < 4.78 is 5.70. The van der Waals surface area contributed by atoms with Crippen LogP contribution < -0.4 is 26.0 Å². The maximum atomic E-state index is 14.3. The summed E-state index contributed by atoms with van der Waals surface area (Å²) in [6.45, 7) is -0.369. The van der Waals surface area contributed by atoms with Gasteiger partial charge in [-0.05, 0) is 58.2 Å². The Morgan fingerprint density at radius 3 is 1.85 bits per heavy atom. The Labute approximate surface area is 318 Å². The Morgan fingerprint density at radius 1 is 0.667 bits per heavy atom. The fourth-order valence-corrected chi connectivity index (χ4v) is 7.37. The molecule has 12 heteroatoms. The van der Waals surface area contributed by atoms with E-state index in [9.17, 15) is 29.1 Å². The predicted octanol–water partition coefficient (Wildman–Crippen LogP) is 4.21. The van der Waals surface area contributed by atoms with E-state index in [0.29, 0.717) is 17.7 Å². The van der Waals surface area contributed by atoms with Crippen LogP contribution in [0.5, 0.6) is 5.75 Å². The molecule has 11 nitrogen and oxygen atoms in total. The molecule has 2 bridgehead atoms. The number of carbonyl (C=O) groups is 5. The first-order valence-electron chi connectivity index (χ1n) is 17.8. The molecule has 3 aliphatic heterocycles. The quantitative estimate of drug-likeness (QED) is 0.168. The molecule has 4 aromatic rings. The molecule has 1 unspecified atom stereocenters. The molecule has 0 aromatic heterocycles. The molecule has 3 heterocycles. The van der Waals surface area contributed by atoms with Crippen LogP contribution in [0.25, 0.3) is 11.1 Å². The third-order valence-electron chi connectivity index (χ3n) is 9.31. The number of thioether (sulfide) groups is 1. The van der Waals surface area contributed by atoms with Crippen molar-refractivity contribution in [1.29, 1.82) is 0 Å². The van der Waals surface area contributed by atoms with Gasteiger partial charge in [-0.1, -0.05) is 103 Å². The first-order chi connectivity index (χ1) is 26.2. The van der Waals surface area contributed by atoms with Gasteiger partial charge in [-0.25, -0.2) is 4.79 Å². The third-order valence-corrected chi connectivity index (χ3v) is 10.4. The van der Waals surface area contributed by atoms with Gasteiger partial charge in [0.05, 0.1) is 0 Å². The summed E-state index contributed by atoms with van der Waals surface area (Å²) in [7, 11) is 0. The lowest BCUT2D eigenvalue weighted by atomic mass is 9.99. The zero-order chi connectivity index (χ0) is 37.9. The maximum Gasteiger partial charge on any atom is 0.326 e. The van der Waals surface area contributed by atoms with E-state index in [1.165, 1.54) is 0 Å². The van der Waals surface area contributed by atoms with Crippen LogP contribution >= 0.6 is 11.8 Å². The van der Waals surface area contributed by atoms with Crippen molar-refractivity contribution >= 4 is 41.4 Å². The number of carbonyl (C=O) groups excluding carboxylic acids is 4. The van der Waals surface area contributed by atoms with E-state index in [0.717, 1.165) is 28.7 Å². The van der Waals surface area contributed by atoms with E-state index in [4.69, 9.17) is 4.74 Å². The van der Waals surface area contributed by atoms with Gasteiger partial charge >= 0.3 is 5.97 Å². The third kappa shape index (κ3) is 10.6. The highest BCUT2D eigenvalue weighted by Crippen LogP contribution is 2.28. The Kier molecular flexibility index (Phi) is 12.8. The maximum absolute atomic E-state index is 14.3. The van der Waals surface area contributed by atoms with Gasteiger partial charge in [0.1, 0.15) is 29.9 Å². The minimum absolute atomic E-state index is 0.0371. The summed E-state index contributed by atoms with van der Waals surface area (Å²) in [5.41, 5.74) is 4.09. The lowest BCUT2D eigenvalue weighted by molar-refractivity contribution is -0.142. The average Bonchev–Trinajstić information content (AvgIpc) is 3.70. The normalized spacial score (nSPS) is 22.4. The second kappa shape index (κ2) is 18.2. The highest BCUT2D eigenvalue weighted by molar-refractivity contribution is 8.03. The van der Waals surface area contributed by atoms with E-state index in [-0.39, 0.29) is 31.1 Å². The number of fused-ring (bicyclic) bond motifs is 16. The zero-order valence-corrected chi connectivity index (χ0v) is 30.3. The molecule has 4 amide bonds. The van der Waals surface area contributed by atoms with Crippen molar-refractivity contribution in [3.05, 3.63) is 137 Å². The van der Waals surface area contributed by atoms with E-state index in [2.05, 4.69) is 21.3 Å². The van der Waals surface area contributed by atoms with Crippen molar-refractivity contribution in [1.82, 2.24) is 21.3 Å². The molecule has 278 valence electrons. The summed E-state index contributed by atoms with van der Waals surface area (Å²) >= 11 is 1.57. The van der Waals surface area contributed by atoms with Gasteiger partial charge in [-0.2, -0.15) is 0 Å². The van der Waals surface area contributed by atoms with Gasteiger partial charge in [-0.15, -0.1) is 11.8 Å². The molecule has 4 aromatic carbocycles. The lowest BCUT2D eigenvalue weighted by Gasteiger charge is -2.27. The number of benzene rings is 4. The fourth-order valence-electron chi connectivity index (χ4n) is 6.40. The number of allylic oxidation sites excluding steroid dienone is 1. The van der Waals surface area contributed by atoms with Crippen LogP contribution in [0.15, 0.2) is 121 Å². The van der Waals surface area contributed by atoms with Crippen LogP contribution in [0.3, 0.4) is 0 Å². The largest absolute Gasteiger partial charge is 0.484 e. The van der Waals surface area contributed by atoms with Crippen LogP contribution in [0, 0.1) is 0 Å². The SMILES string of the molecule is O=C1COc2ccc(cc2)C[C@@H](C(=O)O)NC(=O)[C@@H](Cc2ccccc2)NC(=O)[C@@H](Cc2ccc(-c3ccccc3)cc2)NC(=O)[C@@H](CC2CC=CS2)N1. The Balaban J connectivity index is 1.33. The fraction of sp³-hybridized carbons (Fsp3) is 0.262. The van der Waals surface area contributed by atoms with Crippen molar-refractivity contribution in [3.63, 3.8) is 0 Å². The summed E-state index contributed by atoms with van der Waals surface area (Å²) in [6.07, 6.45) is 3.13. The van der Waals surface area contributed by atoms with Crippen molar-refractivity contribution in [2.75, 3.05) is 6.61 Å². The van der Waals surface area contributed by atoms with Crippen LogP contribution in [0.2, 0.25) is 0 Å². The number of hydrogen-bond donors (Lipinski definition) is 5. The number of aliphatic carboxylic acids is 1. The Bertz CT molecular complexity index is 1950. The van der Waals surface area contributed by atoms with E-state index >= 15 is 0 Å². The number of ether oxygens (including phenoxy) is 1. The molecule has 0 aliphatic carbocycles. The topological polar surface area (TPSA) is 163 Å². The Hall–Kier alpha value is -5.88. The summed E-state index contributed by atoms with van der Waals surface area (Å²) in [6, 6.07) is 28.4. The molecule has 0 radical (unpaired) electrons. The highest BCUT2D eigenvalue weighted by atomic mass is 32.2. The summed E-state index contributed by atoms with van der Waals surface area (Å²) in [5, 5.41) is 23.2. The molecule has 7 rings (SSSR count). The number of carboxylic acids is 1. The van der Waals surface area contributed by atoms with Crippen molar-refractivity contribution in [2.24, 2.45) is 0 Å². The molecule has 5 atom stereocenters. The zero-order valence-electron chi connectivity index (χ0n) is 29.5. The smallest absolute Gasteiger partial charge is 0.326 e. The molecule has 5 N–H and O–H groups in total. The molecule has 0 fully saturated rings. The van der Waals surface area contributed by atoms with Crippen molar-refractivity contribution in [3.8, 4) is 16.9 Å². The minimum atomic E-state index is -1.31. The number of nitrogens with one attached hydrogen (secondary N) is 4. The molecule has 0 saturated carbocycles. The van der Waals surface area contributed by atoms with Gasteiger partial charge < -0.3 is 31.1 Å². The molecule has 0 spiro atoms. The standard InChI is InChI=1S/C42H42N4O7S/c47-38-26-53-32-19-15-29(16-20-32)24-37(42(51)52)46-40(49)34(22-27-8-3-1-4-9-27)44-39(48)35(45-41(50)36(43-38)25-33-12-7-21-54-33)23-28-13-17-31(18-14-28)30-10-5-2-6-11-30/h1-11,13-21,33-37H,12,22-26H2,(H,43,47)(H,44,48)(H,45,50)(H,46,49)(H,51,52)/t33?,34-,35-,36-,37+/m1/s1. The van der Waals surface area contributed by atoms with Crippen LogP contribution in [0.4, 0.5) is 0 Å². The minimum Gasteiger partial charge on any atom is -0.484 e. The van der Waals surface area contributed by atoms with Crippen LogP contribution in [-0.4, -0.2) is 70.7 Å². The second-order valence-corrected chi connectivity index (χ2v) is 14.5. The lowest BCUT2D eigenvalue weighted by Crippen LogP contribution is -2.59. The number of carboxylic acid groups (broad SMARTS) is 1. The van der Waals surface area contributed by atoms with Crippen molar-refractivity contribution in [2.45, 2.75) is 61.5 Å². The molecule has 3 aliphatic rings. The van der Waals surface area contributed by atoms with E-state index in [1.54, 1.807) is 48.2 Å². The summed E-state index contributed by atoms with van der Waals surface area (Å²) in [5.74, 6) is -3.29. The number of hydrogen-bond acceptors (Lipinski definition) is 7. The van der Waals surface area contributed by atoms with Gasteiger partial charge in [-0.3, -0.25) is 19.2 Å². The Morgan fingerprint density at radius 2 is 1.24 bits per heavy atom. The second-order valence-electron chi connectivity index (χ2n) is 13.3. The van der Waals surface area contributed by atoms with Gasteiger partial charge in [0.25, 0.3) is 5.91 Å². The van der Waals surface area contributed by atoms with Gasteiger partial charge in [0.15, 0.2) is 6.61 Å². The van der Waals surface area contributed by atoms with Gasteiger partial charge in [0, 0.05) is 24.5 Å². The predicted molar refractivity (Wildman–Crippen MR) is 206 cm³/mol. The van der Waals surface area contributed by atoms with Crippen LogP contribution in [-0.2, 0) is 43.2 Å². The van der Waals surface area contributed by atoms with Crippen LogP contribution in [0.1, 0.15) is 29.5 Å². The van der Waals surface area contributed by atoms with Gasteiger partial charge in [0.2, 0.25) is 17.7 Å². The average molecular weight is 747 g/mol. The number of amides is 4. The van der Waals surface area contributed by atoms with E-state index in [1.807, 2.05) is 84.3 Å². The molecular weight excluding hydrogens is 705 g/mol. The molecule has 54 heavy (non-hydrogen) atoms. The first-order valence-corrected chi connectivity index (χ1v) is 18.8. The highest BCUT2D eigenvalue weighted by Gasteiger charge is 2.33. The number of rotatable bonds is 8. The molecular formula is C42H42N4O7S.